The number of halogens is 1. The van der Waals surface area contributed by atoms with Gasteiger partial charge in [-0.15, -0.1) is 0 Å². The predicted molar refractivity (Wildman–Crippen MR) is 59.1 cm³/mol. The van der Waals surface area contributed by atoms with Crippen molar-refractivity contribution in [3.8, 4) is 0 Å². The molecular weight excluding hydrogens is 244 g/mol. The zero-order valence-electron chi connectivity index (χ0n) is 7.81. The highest BCUT2D eigenvalue weighted by molar-refractivity contribution is 9.10. The van der Waals surface area contributed by atoms with E-state index in [4.69, 9.17) is 0 Å². The minimum atomic E-state index is -0.368. The van der Waals surface area contributed by atoms with Crippen LogP contribution >= 0.6 is 15.9 Å². The molecule has 0 saturated carbocycles. The Bertz CT molecular complexity index is 450. The monoisotopic (exact) mass is 254 g/mol. The van der Waals surface area contributed by atoms with Crippen LogP contribution in [0.1, 0.15) is 6.92 Å². The normalized spacial score (nSPS) is 13.4. The highest BCUT2D eigenvalue weighted by atomic mass is 79.9. The van der Waals surface area contributed by atoms with Crippen molar-refractivity contribution in [1.82, 2.24) is 9.78 Å². The maximum atomic E-state index is 9.22. The third-order valence-electron chi connectivity index (χ3n) is 1.97. The van der Waals surface area contributed by atoms with Crippen LogP contribution in [-0.4, -0.2) is 21.0 Å². The van der Waals surface area contributed by atoms with Gasteiger partial charge in [0.1, 0.15) is 0 Å². The topological polar surface area (TPSA) is 38.0 Å². The summed E-state index contributed by atoms with van der Waals surface area (Å²) in [6.45, 7) is 2.29. The first-order chi connectivity index (χ1) is 6.65. The van der Waals surface area contributed by atoms with Crippen molar-refractivity contribution in [2.45, 2.75) is 19.6 Å². The molecule has 0 spiro atoms. The van der Waals surface area contributed by atoms with Gasteiger partial charge in [0, 0.05) is 16.1 Å². The molecule has 14 heavy (non-hydrogen) atoms. The van der Waals surface area contributed by atoms with Crippen molar-refractivity contribution in [2.75, 3.05) is 0 Å². The van der Waals surface area contributed by atoms with E-state index in [1.165, 1.54) is 0 Å². The lowest BCUT2D eigenvalue weighted by atomic mass is 10.3. The number of hydrogen-bond donors (Lipinski definition) is 1. The van der Waals surface area contributed by atoms with E-state index < -0.39 is 0 Å². The second kappa shape index (κ2) is 3.71. The lowest BCUT2D eigenvalue weighted by molar-refractivity contribution is 0.169. The smallest absolute Gasteiger partial charge is 0.0924 e. The Hall–Kier alpha value is -0.870. The summed E-state index contributed by atoms with van der Waals surface area (Å²) in [7, 11) is 0. The molecule has 0 radical (unpaired) electrons. The number of rotatable bonds is 2. The van der Waals surface area contributed by atoms with E-state index in [1.807, 2.05) is 24.4 Å². The van der Waals surface area contributed by atoms with Gasteiger partial charge in [0.25, 0.3) is 0 Å². The zero-order valence-corrected chi connectivity index (χ0v) is 9.40. The minimum Gasteiger partial charge on any atom is -0.391 e. The summed E-state index contributed by atoms with van der Waals surface area (Å²) in [6.07, 6.45) is 1.57. The van der Waals surface area contributed by atoms with Crippen molar-refractivity contribution in [1.29, 1.82) is 0 Å². The van der Waals surface area contributed by atoms with Crippen LogP contribution in [0.2, 0.25) is 0 Å². The van der Waals surface area contributed by atoms with Gasteiger partial charge < -0.3 is 5.11 Å². The highest BCUT2D eigenvalue weighted by Gasteiger charge is 2.02. The van der Waals surface area contributed by atoms with Crippen LogP contribution in [0.4, 0.5) is 0 Å². The van der Waals surface area contributed by atoms with Gasteiger partial charge in [0.2, 0.25) is 0 Å². The van der Waals surface area contributed by atoms with Crippen LogP contribution in [0.25, 0.3) is 10.9 Å². The van der Waals surface area contributed by atoms with Crippen LogP contribution in [0.5, 0.6) is 0 Å². The number of hydrogen-bond acceptors (Lipinski definition) is 2. The van der Waals surface area contributed by atoms with Crippen LogP contribution in [0, 0.1) is 0 Å². The molecule has 1 aromatic heterocycles. The van der Waals surface area contributed by atoms with E-state index in [9.17, 15) is 5.11 Å². The molecule has 2 rings (SSSR count). The van der Waals surface area contributed by atoms with E-state index in [0.29, 0.717) is 6.54 Å². The lowest BCUT2D eigenvalue weighted by Crippen LogP contribution is -2.11. The van der Waals surface area contributed by atoms with E-state index in [0.717, 1.165) is 15.4 Å². The number of aliphatic hydroxyl groups is 1. The molecule has 0 aliphatic rings. The molecule has 1 atom stereocenters. The molecular formula is C10H11BrN2O. The summed E-state index contributed by atoms with van der Waals surface area (Å²) in [5, 5.41) is 14.6. The molecule has 0 amide bonds. The molecule has 2 aromatic rings. The van der Waals surface area contributed by atoms with E-state index in [-0.39, 0.29) is 6.10 Å². The van der Waals surface area contributed by atoms with Crippen molar-refractivity contribution in [2.24, 2.45) is 0 Å². The number of nitrogens with zero attached hydrogens (tertiary/aromatic N) is 2. The lowest BCUT2D eigenvalue weighted by Gasteiger charge is -2.02. The molecule has 0 aliphatic heterocycles. The third kappa shape index (κ3) is 1.96. The molecule has 0 bridgehead atoms. The standard InChI is InChI=1S/C10H11BrN2O/c1-7(14)5-13-6-8-4-9(11)2-3-10(8)12-13/h2-4,6-7,14H,5H2,1H3. The molecule has 1 N–H and O–H groups in total. The maximum absolute atomic E-state index is 9.22. The summed E-state index contributed by atoms with van der Waals surface area (Å²) in [4.78, 5) is 0. The average Bonchev–Trinajstić information content (AvgIpc) is 2.44. The Balaban J connectivity index is 2.41. The van der Waals surface area contributed by atoms with Gasteiger partial charge in [-0.05, 0) is 25.1 Å². The van der Waals surface area contributed by atoms with Gasteiger partial charge in [-0.25, -0.2) is 0 Å². The minimum absolute atomic E-state index is 0.368. The molecule has 0 fully saturated rings. The fourth-order valence-electron chi connectivity index (χ4n) is 1.41. The fraction of sp³-hybridized carbons (Fsp3) is 0.300. The molecule has 1 unspecified atom stereocenters. The molecule has 74 valence electrons. The summed E-state index contributed by atoms with van der Waals surface area (Å²) in [6, 6.07) is 5.93. The van der Waals surface area contributed by atoms with E-state index in [2.05, 4.69) is 21.0 Å². The molecule has 0 saturated heterocycles. The molecule has 3 nitrogen and oxygen atoms in total. The second-order valence-corrected chi connectivity index (χ2v) is 4.32. The number of benzene rings is 1. The van der Waals surface area contributed by atoms with Gasteiger partial charge in [0.05, 0.1) is 18.2 Å². The molecule has 1 aromatic carbocycles. The average molecular weight is 255 g/mol. The van der Waals surface area contributed by atoms with Crippen molar-refractivity contribution < 1.29 is 5.11 Å². The molecule has 0 aliphatic carbocycles. The number of aromatic nitrogens is 2. The van der Waals surface area contributed by atoms with Gasteiger partial charge >= 0.3 is 0 Å². The van der Waals surface area contributed by atoms with Crippen molar-refractivity contribution in [3.05, 3.63) is 28.9 Å². The number of aliphatic hydroxyl groups excluding tert-OH is 1. The van der Waals surface area contributed by atoms with Crippen LogP contribution < -0.4 is 0 Å². The van der Waals surface area contributed by atoms with Gasteiger partial charge in [0.15, 0.2) is 0 Å². The van der Waals surface area contributed by atoms with Crippen molar-refractivity contribution >= 4 is 26.8 Å². The summed E-state index contributed by atoms with van der Waals surface area (Å²) in [5.41, 5.74) is 0.953. The third-order valence-corrected chi connectivity index (χ3v) is 2.46. The fourth-order valence-corrected chi connectivity index (χ4v) is 1.79. The second-order valence-electron chi connectivity index (χ2n) is 3.40. The highest BCUT2D eigenvalue weighted by Crippen LogP contribution is 2.18. The molecule has 1 heterocycles. The Morgan fingerprint density at radius 2 is 2.36 bits per heavy atom. The van der Waals surface area contributed by atoms with E-state index >= 15 is 0 Å². The summed E-state index contributed by atoms with van der Waals surface area (Å²) in [5.74, 6) is 0. The van der Waals surface area contributed by atoms with Gasteiger partial charge in [-0.3, -0.25) is 4.68 Å². The molecule has 4 heteroatoms. The Kier molecular flexibility index (Phi) is 2.56. The van der Waals surface area contributed by atoms with Gasteiger partial charge in [-0.2, -0.15) is 5.10 Å². The number of fused-ring (bicyclic) bond motifs is 1. The SMILES string of the molecule is CC(O)Cn1cc2cc(Br)ccc2n1. The largest absolute Gasteiger partial charge is 0.391 e. The van der Waals surface area contributed by atoms with Crippen molar-refractivity contribution in [3.63, 3.8) is 0 Å². The maximum Gasteiger partial charge on any atom is 0.0924 e. The summed E-state index contributed by atoms with van der Waals surface area (Å²) >= 11 is 3.41. The van der Waals surface area contributed by atoms with Crippen LogP contribution in [0.3, 0.4) is 0 Å². The Morgan fingerprint density at radius 3 is 3.07 bits per heavy atom. The van der Waals surface area contributed by atoms with Crippen LogP contribution in [0.15, 0.2) is 28.9 Å². The predicted octanol–water partition coefficient (Wildman–Crippen LogP) is 2.18. The first-order valence-electron chi connectivity index (χ1n) is 4.46. The first-order valence-corrected chi connectivity index (χ1v) is 5.25. The first kappa shape index (κ1) is 9.68. The van der Waals surface area contributed by atoms with Gasteiger partial charge in [-0.1, -0.05) is 15.9 Å². The zero-order chi connectivity index (χ0) is 10.1. The van der Waals surface area contributed by atoms with E-state index in [1.54, 1.807) is 11.6 Å². The summed E-state index contributed by atoms with van der Waals surface area (Å²) < 4.78 is 2.81. The Labute approximate surface area is 90.5 Å². The Morgan fingerprint density at radius 1 is 1.57 bits per heavy atom. The quantitative estimate of drug-likeness (QED) is 0.893. The van der Waals surface area contributed by atoms with Crippen LogP contribution in [-0.2, 0) is 6.54 Å².